The summed E-state index contributed by atoms with van der Waals surface area (Å²) in [7, 11) is 1.32. The number of aromatic nitrogens is 2. The van der Waals surface area contributed by atoms with Crippen LogP contribution in [0, 0.1) is 0 Å². The number of halogens is 1. The van der Waals surface area contributed by atoms with Gasteiger partial charge < -0.3 is 14.2 Å². The molecule has 1 aromatic heterocycles. The first-order valence-corrected chi connectivity index (χ1v) is 11.1. The van der Waals surface area contributed by atoms with Gasteiger partial charge in [-0.15, -0.1) is 0 Å². The number of para-hydroxylation sites is 2. The number of carbonyl (C=O) groups is 1. The van der Waals surface area contributed by atoms with E-state index in [4.69, 9.17) is 30.8 Å². The summed E-state index contributed by atoms with van der Waals surface area (Å²) in [5.41, 5.74) is 1.64. The molecule has 0 spiro atoms. The Morgan fingerprint density at radius 2 is 1.68 bits per heavy atom. The van der Waals surface area contributed by atoms with Gasteiger partial charge >= 0.3 is 5.97 Å². The van der Waals surface area contributed by atoms with E-state index in [2.05, 4.69) is 0 Å². The summed E-state index contributed by atoms with van der Waals surface area (Å²) >= 11 is 6.03. The second-order valence-electron chi connectivity index (χ2n) is 7.36. The Morgan fingerprint density at radius 3 is 2.47 bits per heavy atom. The average molecular weight is 479 g/mol. The summed E-state index contributed by atoms with van der Waals surface area (Å²) in [6.45, 7) is 1.11. The van der Waals surface area contributed by atoms with Gasteiger partial charge in [-0.1, -0.05) is 35.9 Å². The van der Waals surface area contributed by atoms with Gasteiger partial charge in [0, 0.05) is 10.6 Å². The molecule has 0 aliphatic carbocycles. The van der Waals surface area contributed by atoms with Gasteiger partial charge in [0.2, 0.25) is 0 Å². The quantitative estimate of drug-likeness (QED) is 0.258. The third-order valence-corrected chi connectivity index (χ3v) is 5.45. The number of fused-ring (bicyclic) bond motifs is 1. The van der Waals surface area contributed by atoms with E-state index in [1.54, 1.807) is 47.0 Å². The first-order valence-electron chi connectivity index (χ1n) is 10.7. The molecule has 0 saturated carbocycles. The van der Waals surface area contributed by atoms with Crippen LogP contribution in [0.25, 0.3) is 22.3 Å². The second-order valence-corrected chi connectivity index (χ2v) is 7.80. The lowest BCUT2D eigenvalue weighted by atomic mass is 10.2. The van der Waals surface area contributed by atoms with Gasteiger partial charge in [0.1, 0.15) is 23.7 Å². The molecule has 1 heterocycles. The van der Waals surface area contributed by atoms with Crippen LogP contribution in [0.3, 0.4) is 0 Å². The van der Waals surface area contributed by atoms with Crippen LogP contribution in [0.5, 0.6) is 5.75 Å². The van der Waals surface area contributed by atoms with Gasteiger partial charge in [0.25, 0.3) is 5.56 Å². The second kappa shape index (κ2) is 11.0. The van der Waals surface area contributed by atoms with E-state index in [1.165, 1.54) is 7.11 Å². The molecule has 34 heavy (non-hydrogen) atoms. The minimum Gasteiger partial charge on any atom is -0.490 e. The zero-order valence-corrected chi connectivity index (χ0v) is 19.3. The van der Waals surface area contributed by atoms with Crippen molar-refractivity contribution in [2.45, 2.75) is 6.54 Å². The maximum absolute atomic E-state index is 13.2. The molecule has 0 atom stereocenters. The molecule has 0 aliphatic rings. The molecule has 4 aromatic rings. The molecule has 0 radical (unpaired) electrons. The predicted molar refractivity (Wildman–Crippen MR) is 131 cm³/mol. The van der Waals surface area contributed by atoms with Gasteiger partial charge in [-0.2, -0.15) is 0 Å². The molecule has 0 N–H and O–H groups in total. The van der Waals surface area contributed by atoms with Gasteiger partial charge in [-0.3, -0.25) is 9.36 Å². The Balaban J connectivity index is 1.44. The van der Waals surface area contributed by atoms with E-state index in [0.29, 0.717) is 39.6 Å². The van der Waals surface area contributed by atoms with Crippen molar-refractivity contribution in [1.82, 2.24) is 9.55 Å². The molecule has 0 amide bonds. The number of esters is 1. The third-order valence-electron chi connectivity index (χ3n) is 5.20. The molecule has 0 fully saturated rings. The van der Waals surface area contributed by atoms with Crippen molar-refractivity contribution in [2.24, 2.45) is 0 Å². The molecule has 0 unspecified atom stereocenters. The summed E-state index contributed by atoms with van der Waals surface area (Å²) in [6, 6.07) is 21.3. The van der Waals surface area contributed by atoms with Crippen molar-refractivity contribution >= 4 is 28.5 Å². The Kier molecular flexibility index (Phi) is 7.57. The predicted octanol–water partition coefficient (Wildman–Crippen LogP) is 4.60. The molecule has 3 aromatic carbocycles. The summed E-state index contributed by atoms with van der Waals surface area (Å²) < 4.78 is 17.8. The van der Waals surface area contributed by atoms with E-state index in [1.807, 2.05) is 30.3 Å². The van der Waals surface area contributed by atoms with Gasteiger partial charge in [0.05, 0.1) is 37.8 Å². The fraction of sp³-hybridized carbons (Fsp3) is 0.192. The summed E-state index contributed by atoms with van der Waals surface area (Å²) in [4.78, 5) is 29.8. The monoisotopic (exact) mass is 478 g/mol. The van der Waals surface area contributed by atoms with Crippen LogP contribution in [0.1, 0.15) is 10.4 Å². The topological polar surface area (TPSA) is 79.7 Å². The van der Waals surface area contributed by atoms with E-state index >= 15 is 0 Å². The molecule has 0 bridgehead atoms. The third kappa shape index (κ3) is 5.27. The van der Waals surface area contributed by atoms with Crippen LogP contribution in [0.4, 0.5) is 0 Å². The van der Waals surface area contributed by atoms with Crippen molar-refractivity contribution < 1.29 is 19.0 Å². The molecule has 7 nitrogen and oxygen atoms in total. The number of benzene rings is 3. The number of carbonyl (C=O) groups excluding carboxylic acids is 1. The Morgan fingerprint density at radius 1 is 0.941 bits per heavy atom. The molecule has 0 saturated heterocycles. The Hall–Kier alpha value is -3.68. The number of rotatable bonds is 9. The first kappa shape index (κ1) is 23.5. The minimum atomic E-state index is -0.463. The smallest absolute Gasteiger partial charge is 0.341 e. The average Bonchev–Trinajstić information content (AvgIpc) is 2.87. The fourth-order valence-electron chi connectivity index (χ4n) is 3.53. The number of nitrogens with zero attached hydrogens (tertiary/aromatic N) is 2. The van der Waals surface area contributed by atoms with Gasteiger partial charge in [0.15, 0.2) is 0 Å². The van der Waals surface area contributed by atoms with Gasteiger partial charge in [-0.05, 0) is 48.5 Å². The van der Waals surface area contributed by atoms with E-state index < -0.39 is 5.97 Å². The highest BCUT2D eigenvalue weighted by atomic mass is 35.5. The summed E-state index contributed by atoms with van der Waals surface area (Å²) in [5.74, 6) is 0.513. The zero-order chi connectivity index (χ0) is 23.9. The summed E-state index contributed by atoms with van der Waals surface area (Å²) in [5, 5.41) is 1.15. The lowest BCUT2D eigenvalue weighted by Gasteiger charge is -2.14. The van der Waals surface area contributed by atoms with Gasteiger partial charge in [-0.25, -0.2) is 9.78 Å². The van der Waals surface area contributed by atoms with Crippen molar-refractivity contribution in [2.75, 3.05) is 26.9 Å². The van der Waals surface area contributed by atoms with Crippen LogP contribution in [-0.4, -0.2) is 42.5 Å². The minimum absolute atomic E-state index is 0.137. The fourth-order valence-corrected chi connectivity index (χ4v) is 3.66. The Bertz CT molecular complexity index is 1350. The largest absolute Gasteiger partial charge is 0.490 e. The zero-order valence-electron chi connectivity index (χ0n) is 18.6. The van der Waals surface area contributed by atoms with Crippen LogP contribution in [0.15, 0.2) is 77.6 Å². The molecule has 174 valence electrons. The number of hydrogen-bond donors (Lipinski definition) is 0. The van der Waals surface area contributed by atoms with Crippen LogP contribution >= 0.6 is 11.6 Å². The molecular weight excluding hydrogens is 456 g/mol. The number of ether oxygens (including phenoxy) is 3. The van der Waals surface area contributed by atoms with Crippen LogP contribution in [-0.2, 0) is 16.0 Å². The molecule has 4 rings (SSSR count). The lowest BCUT2D eigenvalue weighted by Crippen LogP contribution is -2.26. The van der Waals surface area contributed by atoms with E-state index in [0.717, 1.165) is 5.56 Å². The van der Waals surface area contributed by atoms with Crippen LogP contribution < -0.4 is 10.3 Å². The highest BCUT2D eigenvalue weighted by Gasteiger charge is 2.14. The van der Waals surface area contributed by atoms with Crippen LogP contribution in [0.2, 0.25) is 5.02 Å². The molecular formula is C26H23ClN2O5. The normalized spacial score (nSPS) is 10.9. The van der Waals surface area contributed by atoms with Crippen molar-refractivity contribution in [1.29, 1.82) is 0 Å². The SMILES string of the molecule is COC(=O)c1ccccc1OCCOCCn1c(-c2ccc(Cl)cc2)nc2ccccc2c1=O. The highest BCUT2D eigenvalue weighted by Crippen LogP contribution is 2.21. The van der Waals surface area contributed by atoms with E-state index in [-0.39, 0.29) is 25.4 Å². The molecule has 0 aliphatic heterocycles. The molecule has 8 heteroatoms. The van der Waals surface area contributed by atoms with Crippen molar-refractivity contribution in [3.63, 3.8) is 0 Å². The van der Waals surface area contributed by atoms with Crippen molar-refractivity contribution in [3.05, 3.63) is 93.7 Å². The lowest BCUT2D eigenvalue weighted by molar-refractivity contribution is 0.0590. The first-order chi connectivity index (χ1) is 16.6. The van der Waals surface area contributed by atoms with E-state index in [9.17, 15) is 9.59 Å². The van der Waals surface area contributed by atoms with Crippen molar-refractivity contribution in [3.8, 4) is 17.1 Å². The number of hydrogen-bond acceptors (Lipinski definition) is 6. The maximum Gasteiger partial charge on any atom is 0.341 e. The number of methoxy groups -OCH3 is 1. The standard InChI is InChI=1S/C26H23ClN2O5/c1-32-26(31)21-7-3-5-9-23(21)34-17-16-33-15-14-29-24(18-10-12-19(27)13-11-18)28-22-8-4-2-6-20(22)25(29)30/h2-13H,14-17H2,1H3. The summed E-state index contributed by atoms with van der Waals surface area (Å²) in [6.07, 6.45) is 0. The highest BCUT2D eigenvalue weighted by molar-refractivity contribution is 6.30. The maximum atomic E-state index is 13.2. The Labute approximate surface area is 201 Å².